The van der Waals surface area contributed by atoms with Crippen LogP contribution in [0.2, 0.25) is 0 Å². The van der Waals surface area contributed by atoms with Crippen LogP contribution in [-0.4, -0.2) is 58.4 Å². The number of hydrogen-bond donors (Lipinski definition) is 2. The zero-order valence-electron chi connectivity index (χ0n) is 11.7. The van der Waals surface area contributed by atoms with E-state index in [0.29, 0.717) is 13.2 Å². The van der Waals surface area contributed by atoms with Gasteiger partial charge in [-0.25, -0.2) is 8.42 Å². The van der Waals surface area contributed by atoms with Crippen LogP contribution in [0.15, 0.2) is 0 Å². The van der Waals surface area contributed by atoms with Crippen molar-refractivity contribution < 1.29 is 22.7 Å². The summed E-state index contributed by atoms with van der Waals surface area (Å²) in [6.45, 7) is 4.78. The molecule has 0 aliphatic rings. The zero-order valence-corrected chi connectivity index (χ0v) is 12.5. The first kappa shape index (κ1) is 18.3. The summed E-state index contributed by atoms with van der Waals surface area (Å²) in [6.07, 6.45) is 0.692. The Morgan fingerprint density at radius 1 is 1.26 bits per heavy atom. The molecule has 0 spiro atoms. The van der Waals surface area contributed by atoms with Gasteiger partial charge in [-0.2, -0.15) is 0 Å². The van der Waals surface area contributed by atoms with E-state index in [4.69, 9.17) is 15.2 Å². The highest BCUT2D eigenvalue weighted by Crippen LogP contribution is 1.96. The number of amides is 1. The highest BCUT2D eigenvalue weighted by atomic mass is 32.2. The highest BCUT2D eigenvalue weighted by molar-refractivity contribution is 7.90. The molecule has 1 amide bonds. The SMILES string of the molecule is CCOC(CNC(=O)C(N)CCS(C)(=O)=O)OCC. The van der Waals surface area contributed by atoms with Crippen LogP contribution in [0.4, 0.5) is 0 Å². The Kier molecular flexibility index (Phi) is 8.90. The number of carbonyl (C=O) groups excluding carboxylic acids is 1. The molecule has 0 bridgehead atoms. The summed E-state index contributed by atoms with van der Waals surface area (Å²) in [5, 5.41) is 2.58. The van der Waals surface area contributed by atoms with Gasteiger partial charge >= 0.3 is 0 Å². The third-order valence-electron chi connectivity index (χ3n) is 2.28. The maximum absolute atomic E-state index is 11.6. The van der Waals surface area contributed by atoms with Crippen molar-refractivity contribution in [2.45, 2.75) is 32.6 Å². The molecule has 0 heterocycles. The first-order valence-corrected chi connectivity index (χ1v) is 8.30. The smallest absolute Gasteiger partial charge is 0.237 e. The van der Waals surface area contributed by atoms with Crippen LogP contribution in [0.25, 0.3) is 0 Å². The molecule has 0 aliphatic heterocycles. The summed E-state index contributed by atoms with van der Waals surface area (Å²) in [6, 6.07) is -0.848. The predicted octanol–water partition coefficient (Wildman–Crippen LogP) is -0.736. The van der Waals surface area contributed by atoms with E-state index in [1.165, 1.54) is 0 Å². The standard InChI is InChI=1S/C11H24N2O5S/c1-4-17-10(18-5-2)8-13-11(14)9(12)6-7-19(3,15)16/h9-10H,4-8,12H2,1-3H3,(H,13,14). The Bertz CT molecular complexity index is 352. The molecular formula is C11H24N2O5S. The summed E-state index contributed by atoms with van der Waals surface area (Å²) in [4.78, 5) is 11.6. The van der Waals surface area contributed by atoms with Gasteiger partial charge in [0.05, 0.1) is 18.3 Å². The average Bonchev–Trinajstić information content (AvgIpc) is 2.32. The van der Waals surface area contributed by atoms with E-state index >= 15 is 0 Å². The molecule has 0 saturated heterocycles. The fourth-order valence-electron chi connectivity index (χ4n) is 1.32. The summed E-state index contributed by atoms with van der Waals surface area (Å²) in [5.74, 6) is -0.518. The molecule has 3 N–H and O–H groups in total. The zero-order chi connectivity index (χ0) is 14.9. The molecule has 0 aliphatic carbocycles. The third kappa shape index (κ3) is 9.83. The minimum Gasteiger partial charge on any atom is -0.351 e. The van der Waals surface area contributed by atoms with Crippen molar-refractivity contribution in [1.29, 1.82) is 0 Å². The lowest BCUT2D eigenvalue weighted by atomic mass is 10.2. The molecule has 7 nitrogen and oxygen atoms in total. The Balaban J connectivity index is 4.06. The second-order valence-corrected chi connectivity index (χ2v) is 6.37. The minimum atomic E-state index is -3.11. The van der Waals surface area contributed by atoms with Crippen LogP contribution in [0.1, 0.15) is 20.3 Å². The molecule has 0 fully saturated rings. The molecule has 0 saturated carbocycles. The number of nitrogens with two attached hydrogens (primary N) is 1. The second kappa shape index (κ2) is 9.24. The van der Waals surface area contributed by atoms with Gasteiger partial charge in [0.25, 0.3) is 0 Å². The van der Waals surface area contributed by atoms with Crippen molar-refractivity contribution in [2.75, 3.05) is 31.8 Å². The van der Waals surface area contributed by atoms with E-state index in [2.05, 4.69) is 5.32 Å². The molecule has 1 atom stereocenters. The van der Waals surface area contributed by atoms with Gasteiger partial charge in [0, 0.05) is 19.5 Å². The Morgan fingerprint density at radius 2 is 1.79 bits per heavy atom. The topological polar surface area (TPSA) is 108 Å². The quantitative estimate of drug-likeness (QED) is 0.514. The van der Waals surface area contributed by atoms with E-state index in [0.717, 1.165) is 6.26 Å². The maximum atomic E-state index is 11.6. The third-order valence-corrected chi connectivity index (χ3v) is 3.26. The fraction of sp³-hybridized carbons (Fsp3) is 0.909. The van der Waals surface area contributed by atoms with Crippen molar-refractivity contribution in [3.05, 3.63) is 0 Å². The van der Waals surface area contributed by atoms with Gasteiger partial charge in [0.1, 0.15) is 9.84 Å². The molecule has 8 heteroatoms. The van der Waals surface area contributed by atoms with E-state index in [9.17, 15) is 13.2 Å². The van der Waals surface area contributed by atoms with E-state index < -0.39 is 28.1 Å². The number of nitrogens with one attached hydrogen (secondary N) is 1. The second-order valence-electron chi connectivity index (χ2n) is 4.11. The molecule has 0 aromatic carbocycles. The number of sulfone groups is 1. The summed E-state index contributed by atoms with van der Waals surface area (Å²) >= 11 is 0. The van der Waals surface area contributed by atoms with Gasteiger partial charge in [-0.1, -0.05) is 0 Å². The molecule has 114 valence electrons. The summed E-state index contributed by atoms with van der Waals surface area (Å²) < 4.78 is 32.4. The molecular weight excluding hydrogens is 272 g/mol. The average molecular weight is 296 g/mol. The normalized spacial score (nSPS) is 13.5. The van der Waals surface area contributed by atoms with Crippen LogP contribution in [0, 0.1) is 0 Å². The lowest BCUT2D eigenvalue weighted by Gasteiger charge is -2.18. The van der Waals surface area contributed by atoms with Gasteiger partial charge in [-0.15, -0.1) is 0 Å². The van der Waals surface area contributed by atoms with Crippen LogP contribution in [0.5, 0.6) is 0 Å². The predicted molar refractivity (Wildman–Crippen MR) is 72.4 cm³/mol. The molecule has 0 aromatic heterocycles. The Labute approximate surface area is 114 Å². The molecule has 1 unspecified atom stereocenters. The number of rotatable bonds is 10. The van der Waals surface area contributed by atoms with E-state index in [1.807, 2.05) is 13.8 Å². The van der Waals surface area contributed by atoms with Crippen molar-refractivity contribution in [3.63, 3.8) is 0 Å². The van der Waals surface area contributed by atoms with Crippen LogP contribution in [0.3, 0.4) is 0 Å². The van der Waals surface area contributed by atoms with E-state index in [-0.39, 0.29) is 18.7 Å². The maximum Gasteiger partial charge on any atom is 0.237 e. The molecule has 0 aromatic rings. The summed E-state index contributed by atoms with van der Waals surface area (Å²) in [7, 11) is -3.11. The van der Waals surface area contributed by atoms with Gasteiger partial charge in [0.2, 0.25) is 5.91 Å². The van der Waals surface area contributed by atoms with E-state index in [1.54, 1.807) is 0 Å². The highest BCUT2D eigenvalue weighted by Gasteiger charge is 2.17. The Morgan fingerprint density at radius 3 is 2.21 bits per heavy atom. The number of ether oxygens (including phenoxy) is 2. The van der Waals surface area contributed by atoms with Crippen molar-refractivity contribution in [2.24, 2.45) is 5.73 Å². The van der Waals surface area contributed by atoms with Crippen LogP contribution >= 0.6 is 0 Å². The van der Waals surface area contributed by atoms with Crippen molar-refractivity contribution >= 4 is 15.7 Å². The lowest BCUT2D eigenvalue weighted by Crippen LogP contribution is -2.45. The number of hydrogen-bond acceptors (Lipinski definition) is 6. The first-order valence-electron chi connectivity index (χ1n) is 6.24. The largest absolute Gasteiger partial charge is 0.351 e. The molecule has 19 heavy (non-hydrogen) atoms. The lowest BCUT2D eigenvalue weighted by molar-refractivity contribution is -0.141. The van der Waals surface area contributed by atoms with Crippen LogP contribution in [-0.2, 0) is 24.1 Å². The Hall–Kier alpha value is -0.700. The fourth-order valence-corrected chi connectivity index (χ4v) is 2.01. The molecule has 0 radical (unpaired) electrons. The first-order chi connectivity index (χ1) is 8.80. The minimum absolute atomic E-state index is 0.0958. The van der Waals surface area contributed by atoms with Gasteiger partial charge in [-0.05, 0) is 20.3 Å². The van der Waals surface area contributed by atoms with Gasteiger partial charge < -0.3 is 20.5 Å². The van der Waals surface area contributed by atoms with Gasteiger partial charge in [0.15, 0.2) is 6.29 Å². The molecule has 0 rings (SSSR count). The van der Waals surface area contributed by atoms with Crippen molar-refractivity contribution in [3.8, 4) is 0 Å². The van der Waals surface area contributed by atoms with Gasteiger partial charge in [-0.3, -0.25) is 4.79 Å². The van der Waals surface area contributed by atoms with Crippen molar-refractivity contribution in [1.82, 2.24) is 5.32 Å². The number of carbonyl (C=O) groups is 1. The van der Waals surface area contributed by atoms with Crippen LogP contribution < -0.4 is 11.1 Å². The summed E-state index contributed by atoms with van der Waals surface area (Å²) in [5.41, 5.74) is 5.60. The monoisotopic (exact) mass is 296 g/mol.